The van der Waals surface area contributed by atoms with E-state index in [9.17, 15) is 15.0 Å². The molecular formula is C14H18BrNO3. The van der Waals surface area contributed by atoms with Gasteiger partial charge in [0.2, 0.25) is 0 Å². The minimum Gasteiger partial charge on any atom is -0.507 e. The number of benzene rings is 1. The number of aliphatic hydroxyl groups excluding tert-OH is 1. The van der Waals surface area contributed by atoms with Gasteiger partial charge in [-0.3, -0.25) is 4.79 Å². The number of nitrogens with zero attached hydrogens (tertiary/aromatic N) is 1. The van der Waals surface area contributed by atoms with Gasteiger partial charge < -0.3 is 15.1 Å². The normalized spacial score (nSPS) is 22.5. The third-order valence-corrected chi connectivity index (χ3v) is 4.16. The first-order valence-corrected chi connectivity index (χ1v) is 7.20. The molecule has 0 bridgehead atoms. The smallest absolute Gasteiger partial charge is 0.257 e. The average Bonchev–Trinajstić information content (AvgIpc) is 2.74. The molecule has 4 nitrogen and oxygen atoms in total. The Labute approximate surface area is 121 Å². The van der Waals surface area contributed by atoms with Crippen LogP contribution in [0.4, 0.5) is 0 Å². The van der Waals surface area contributed by atoms with Crippen molar-refractivity contribution >= 4 is 21.8 Å². The van der Waals surface area contributed by atoms with E-state index < -0.39 is 0 Å². The number of carbonyl (C=O) groups is 1. The summed E-state index contributed by atoms with van der Waals surface area (Å²) in [5, 5.41) is 19.6. The van der Waals surface area contributed by atoms with E-state index in [1.54, 1.807) is 24.1 Å². The number of rotatable bonds is 3. The molecule has 0 spiro atoms. The zero-order valence-electron chi connectivity index (χ0n) is 10.8. The minimum absolute atomic E-state index is 0.0294. The van der Waals surface area contributed by atoms with Gasteiger partial charge in [-0.25, -0.2) is 0 Å². The van der Waals surface area contributed by atoms with Gasteiger partial charge in [0.15, 0.2) is 0 Å². The van der Waals surface area contributed by atoms with Gasteiger partial charge in [-0.1, -0.05) is 22.4 Å². The summed E-state index contributed by atoms with van der Waals surface area (Å²) in [6, 6.07) is 4.83. The van der Waals surface area contributed by atoms with E-state index >= 15 is 0 Å². The fraction of sp³-hybridized carbons (Fsp3) is 0.500. The zero-order chi connectivity index (χ0) is 14.0. The number of hydrogen-bond donors (Lipinski definition) is 2. The lowest BCUT2D eigenvalue weighted by molar-refractivity contribution is 0.0691. The molecule has 1 aliphatic rings. The molecule has 0 radical (unpaired) electrons. The Hall–Kier alpha value is -1.07. The van der Waals surface area contributed by atoms with E-state index in [4.69, 9.17) is 0 Å². The molecule has 19 heavy (non-hydrogen) atoms. The van der Waals surface area contributed by atoms with E-state index in [-0.39, 0.29) is 29.2 Å². The van der Waals surface area contributed by atoms with E-state index in [2.05, 4.69) is 15.9 Å². The predicted octanol–water partition coefficient (Wildman–Crippen LogP) is 2.39. The molecule has 1 amide bonds. The Balaban J connectivity index is 2.06. The van der Waals surface area contributed by atoms with Crippen molar-refractivity contribution in [1.29, 1.82) is 0 Å². The van der Waals surface area contributed by atoms with Crippen LogP contribution in [0.15, 0.2) is 22.7 Å². The number of phenols is 1. The molecule has 0 heterocycles. The molecule has 2 atom stereocenters. The molecule has 1 aromatic carbocycles. The highest BCUT2D eigenvalue weighted by atomic mass is 79.9. The number of halogens is 1. The molecule has 1 saturated carbocycles. The second kappa shape index (κ2) is 5.92. The van der Waals surface area contributed by atoms with Gasteiger partial charge >= 0.3 is 0 Å². The Morgan fingerprint density at radius 1 is 1.47 bits per heavy atom. The fourth-order valence-electron chi connectivity index (χ4n) is 2.56. The van der Waals surface area contributed by atoms with Crippen molar-refractivity contribution in [1.82, 2.24) is 4.90 Å². The Kier molecular flexibility index (Phi) is 4.47. The van der Waals surface area contributed by atoms with Gasteiger partial charge in [-0.05, 0) is 31.0 Å². The van der Waals surface area contributed by atoms with Gasteiger partial charge in [0.1, 0.15) is 5.75 Å². The molecule has 1 aromatic rings. The zero-order valence-corrected chi connectivity index (χ0v) is 12.4. The van der Waals surface area contributed by atoms with E-state index in [1.807, 2.05) is 0 Å². The summed E-state index contributed by atoms with van der Waals surface area (Å²) in [6.45, 7) is 0.523. The summed E-state index contributed by atoms with van der Waals surface area (Å²) in [7, 11) is 1.70. The first-order chi connectivity index (χ1) is 8.99. The average molecular weight is 328 g/mol. The van der Waals surface area contributed by atoms with E-state index in [0.29, 0.717) is 6.54 Å². The molecule has 0 saturated heterocycles. The van der Waals surface area contributed by atoms with Crippen LogP contribution < -0.4 is 0 Å². The topological polar surface area (TPSA) is 60.8 Å². The molecule has 104 valence electrons. The van der Waals surface area contributed by atoms with E-state index in [1.165, 1.54) is 6.07 Å². The van der Waals surface area contributed by atoms with Crippen molar-refractivity contribution in [2.24, 2.45) is 5.92 Å². The minimum atomic E-state index is -0.311. The van der Waals surface area contributed by atoms with E-state index in [0.717, 1.165) is 23.7 Å². The second-order valence-corrected chi connectivity index (χ2v) is 6.02. The summed E-state index contributed by atoms with van der Waals surface area (Å²) in [6.07, 6.45) is 2.47. The lowest BCUT2D eigenvalue weighted by Crippen LogP contribution is -2.34. The monoisotopic (exact) mass is 327 g/mol. The molecule has 1 fully saturated rings. The number of hydrogen-bond acceptors (Lipinski definition) is 3. The van der Waals surface area contributed by atoms with Crippen molar-refractivity contribution in [3.63, 3.8) is 0 Å². The Bertz CT molecular complexity index is 478. The van der Waals surface area contributed by atoms with Gasteiger partial charge in [-0.2, -0.15) is 0 Å². The predicted molar refractivity (Wildman–Crippen MR) is 76.1 cm³/mol. The largest absolute Gasteiger partial charge is 0.507 e. The summed E-state index contributed by atoms with van der Waals surface area (Å²) in [5.74, 6) is -0.103. The quantitative estimate of drug-likeness (QED) is 0.896. The number of amides is 1. The van der Waals surface area contributed by atoms with Crippen molar-refractivity contribution < 1.29 is 15.0 Å². The van der Waals surface area contributed by atoms with Crippen molar-refractivity contribution in [3.05, 3.63) is 28.2 Å². The van der Waals surface area contributed by atoms with Crippen LogP contribution in [0.2, 0.25) is 0 Å². The molecule has 2 rings (SSSR count). The molecule has 5 heteroatoms. The maximum absolute atomic E-state index is 12.2. The number of carbonyl (C=O) groups excluding carboxylic acids is 1. The summed E-state index contributed by atoms with van der Waals surface area (Å²) in [5.41, 5.74) is 0.290. The summed E-state index contributed by atoms with van der Waals surface area (Å²) >= 11 is 3.24. The van der Waals surface area contributed by atoms with Crippen molar-refractivity contribution in [2.45, 2.75) is 25.4 Å². The molecule has 2 N–H and O–H groups in total. The van der Waals surface area contributed by atoms with Gasteiger partial charge in [0, 0.05) is 24.0 Å². The van der Waals surface area contributed by atoms with Crippen molar-refractivity contribution in [3.8, 4) is 5.75 Å². The van der Waals surface area contributed by atoms with Crippen LogP contribution in [-0.4, -0.2) is 40.7 Å². The molecule has 0 aromatic heterocycles. The summed E-state index contributed by atoms with van der Waals surface area (Å²) < 4.78 is 0.732. The lowest BCUT2D eigenvalue weighted by atomic mass is 10.1. The highest BCUT2D eigenvalue weighted by molar-refractivity contribution is 9.10. The van der Waals surface area contributed by atoms with Crippen LogP contribution in [0.5, 0.6) is 5.75 Å². The van der Waals surface area contributed by atoms with Crippen LogP contribution in [0.1, 0.15) is 29.6 Å². The molecule has 2 unspecified atom stereocenters. The van der Waals surface area contributed by atoms with Crippen LogP contribution >= 0.6 is 15.9 Å². The fourth-order valence-corrected chi connectivity index (χ4v) is 2.91. The highest BCUT2D eigenvalue weighted by Crippen LogP contribution is 2.28. The first kappa shape index (κ1) is 14.3. The van der Waals surface area contributed by atoms with Crippen LogP contribution in [-0.2, 0) is 0 Å². The van der Waals surface area contributed by atoms with Crippen molar-refractivity contribution in [2.75, 3.05) is 13.6 Å². The maximum Gasteiger partial charge on any atom is 0.257 e. The standard InChI is InChI=1S/C14H18BrNO3/c1-16(8-9-3-2-4-12(9)17)14(19)11-6-5-10(15)7-13(11)18/h5-7,9,12,17-18H,2-4,8H2,1H3. The van der Waals surface area contributed by atoms with Crippen LogP contribution in [0.25, 0.3) is 0 Å². The highest BCUT2D eigenvalue weighted by Gasteiger charge is 2.28. The second-order valence-electron chi connectivity index (χ2n) is 5.11. The Morgan fingerprint density at radius 2 is 2.21 bits per heavy atom. The number of aromatic hydroxyl groups is 1. The van der Waals surface area contributed by atoms with Crippen LogP contribution in [0.3, 0.4) is 0 Å². The number of aliphatic hydroxyl groups is 1. The summed E-state index contributed by atoms with van der Waals surface area (Å²) in [4.78, 5) is 13.8. The van der Waals surface area contributed by atoms with Gasteiger partial charge in [-0.15, -0.1) is 0 Å². The first-order valence-electron chi connectivity index (χ1n) is 6.41. The number of phenolic OH excluding ortho intramolecular Hbond substituents is 1. The third-order valence-electron chi connectivity index (χ3n) is 3.66. The molecule has 0 aliphatic heterocycles. The third kappa shape index (κ3) is 3.28. The molecule has 1 aliphatic carbocycles. The van der Waals surface area contributed by atoms with Gasteiger partial charge in [0.05, 0.1) is 11.7 Å². The maximum atomic E-state index is 12.2. The SMILES string of the molecule is CN(CC1CCCC1O)C(=O)c1ccc(Br)cc1O. The Morgan fingerprint density at radius 3 is 2.79 bits per heavy atom. The van der Waals surface area contributed by atoms with Gasteiger partial charge in [0.25, 0.3) is 5.91 Å². The molecular weight excluding hydrogens is 310 g/mol. The lowest BCUT2D eigenvalue weighted by Gasteiger charge is -2.23. The van der Waals surface area contributed by atoms with Crippen LogP contribution in [0, 0.1) is 5.92 Å².